The predicted molar refractivity (Wildman–Crippen MR) is 120 cm³/mol. The number of nitrogens with one attached hydrogen (secondary N) is 1. The average molecular weight is 465 g/mol. The normalized spacial score (nSPS) is 18.1. The molecule has 2 heterocycles. The van der Waals surface area contributed by atoms with Gasteiger partial charge in [-0.3, -0.25) is 14.5 Å². The van der Waals surface area contributed by atoms with Crippen molar-refractivity contribution in [3.63, 3.8) is 0 Å². The van der Waals surface area contributed by atoms with Gasteiger partial charge in [0.2, 0.25) is 17.8 Å². The number of benzene rings is 2. The number of halogens is 1. The zero-order valence-corrected chi connectivity index (χ0v) is 18.7. The molecule has 1 unspecified atom stereocenters. The maximum atomic E-state index is 13.8. The van der Waals surface area contributed by atoms with Crippen molar-refractivity contribution < 1.29 is 14.2 Å². The minimum atomic E-state index is -1.22. The van der Waals surface area contributed by atoms with E-state index in [0.29, 0.717) is 5.69 Å². The Morgan fingerprint density at radius 2 is 1.70 bits per heavy atom. The third kappa shape index (κ3) is 3.31. The van der Waals surface area contributed by atoms with Gasteiger partial charge in [-0.2, -0.15) is 4.57 Å². The molecule has 0 bridgehead atoms. The molecular weight excluding hydrogens is 442 g/mol. The molecular formula is C24H23BrN3O2+. The Labute approximate surface area is 184 Å². The highest BCUT2D eigenvalue weighted by Crippen LogP contribution is 2.36. The molecule has 1 aliphatic heterocycles. The monoisotopic (exact) mass is 464 g/mol. The van der Waals surface area contributed by atoms with E-state index in [1.165, 1.54) is 0 Å². The summed E-state index contributed by atoms with van der Waals surface area (Å²) < 4.78 is 2.76. The van der Waals surface area contributed by atoms with Crippen molar-refractivity contribution in [2.75, 3.05) is 10.2 Å². The van der Waals surface area contributed by atoms with Crippen molar-refractivity contribution in [3.8, 4) is 0 Å². The number of amides is 2. The molecule has 0 radical (unpaired) electrons. The molecule has 0 fully saturated rings. The molecule has 6 heteroatoms. The summed E-state index contributed by atoms with van der Waals surface area (Å²) in [7, 11) is 0. The number of carbonyl (C=O) groups excluding carboxylic acids is 2. The minimum Gasteiger partial charge on any atom is -0.323 e. The van der Waals surface area contributed by atoms with Crippen LogP contribution in [-0.4, -0.2) is 11.8 Å². The second-order valence-electron chi connectivity index (χ2n) is 7.71. The molecule has 1 aromatic heterocycles. The van der Waals surface area contributed by atoms with Crippen LogP contribution in [-0.2, 0) is 21.7 Å². The lowest BCUT2D eigenvalue weighted by atomic mass is 9.89. The van der Waals surface area contributed by atoms with Crippen LogP contribution in [0.15, 0.2) is 71.3 Å². The number of anilines is 2. The van der Waals surface area contributed by atoms with Crippen LogP contribution >= 0.6 is 15.9 Å². The van der Waals surface area contributed by atoms with E-state index in [1.54, 1.807) is 11.8 Å². The first-order valence-electron chi connectivity index (χ1n) is 9.77. The maximum absolute atomic E-state index is 13.8. The van der Waals surface area contributed by atoms with Crippen molar-refractivity contribution in [2.45, 2.75) is 32.9 Å². The molecule has 1 aliphatic rings. The maximum Gasteiger partial charge on any atom is 0.294 e. The van der Waals surface area contributed by atoms with Crippen LogP contribution < -0.4 is 14.8 Å². The van der Waals surface area contributed by atoms with Gasteiger partial charge in [0, 0.05) is 28.0 Å². The van der Waals surface area contributed by atoms with E-state index in [1.807, 2.05) is 85.3 Å². The van der Waals surface area contributed by atoms with Gasteiger partial charge in [-0.05, 0) is 56.2 Å². The van der Waals surface area contributed by atoms with Crippen molar-refractivity contribution >= 4 is 39.1 Å². The molecule has 0 aliphatic carbocycles. The first kappa shape index (κ1) is 20.3. The number of aryl methyl sites for hydroxylation is 2. The number of fused-ring (bicyclic) bond motifs is 1. The zero-order valence-electron chi connectivity index (χ0n) is 17.1. The van der Waals surface area contributed by atoms with E-state index in [-0.39, 0.29) is 18.4 Å². The van der Waals surface area contributed by atoms with Crippen LogP contribution in [0.2, 0.25) is 0 Å². The molecule has 3 aromatic rings. The van der Waals surface area contributed by atoms with Gasteiger partial charge in [-0.15, -0.1) is 0 Å². The van der Waals surface area contributed by atoms with Crippen molar-refractivity contribution in [3.05, 3.63) is 88.2 Å². The van der Waals surface area contributed by atoms with Gasteiger partial charge >= 0.3 is 0 Å². The first-order valence-corrected chi connectivity index (χ1v) is 10.6. The van der Waals surface area contributed by atoms with Gasteiger partial charge in [0.25, 0.3) is 11.8 Å². The number of para-hydroxylation sites is 1. The lowest BCUT2D eigenvalue weighted by molar-refractivity contribution is -0.697. The second-order valence-corrected chi connectivity index (χ2v) is 8.63. The summed E-state index contributed by atoms with van der Waals surface area (Å²) in [6.07, 6.45) is 1.84. The Morgan fingerprint density at radius 3 is 2.37 bits per heavy atom. The standard InChI is InChI=1S/C24H22BrN3O2/c1-16-7-6-8-17(2)22(16)26-23(30)24(3)20-9-4-5-14-27(20)15-21(29)28(24)19-12-10-18(25)11-13-19/h4-14H,15H2,1-3H3/p+1. The number of hydrogen-bond acceptors (Lipinski definition) is 2. The lowest BCUT2D eigenvalue weighted by Crippen LogP contribution is -2.67. The lowest BCUT2D eigenvalue weighted by Gasteiger charge is -2.40. The molecule has 2 amide bonds. The smallest absolute Gasteiger partial charge is 0.294 e. The summed E-state index contributed by atoms with van der Waals surface area (Å²) in [4.78, 5) is 28.7. The number of pyridine rings is 1. The fourth-order valence-electron chi connectivity index (χ4n) is 4.09. The highest BCUT2D eigenvalue weighted by Gasteiger charge is 2.54. The van der Waals surface area contributed by atoms with Crippen LogP contribution in [0.1, 0.15) is 23.7 Å². The molecule has 1 atom stereocenters. The van der Waals surface area contributed by atoms with E-state index < -0.39 is 5.54 Å². The largest absolute Gasteiger partial charge is 0.323 e. The Kier molecular flexibility index (Phi) is 5.20. The van der Waals surface area contributed by atoms with Crippen molar-refractivity contribution in [2.24, 2.45) is 0 Å². The minimum absolute atomic E-state index is 0.139. The Bertz CT molecular complexity index is 1120. The fraction of sp³-hybridized carbons (Fsp3) is 0.208. The molecule has 152 valence electrons. The Hall–Kier alpha value is -2.99. The van der Waals surface area contributed by atoms with Gasteiger partial charge in [0.15, 0.2) is 6.20 Å². The van der Waals surface area contributed by atoms with Crippen LogP contribution in [0.25, 0.3) is 0 Å². The third-order valence-electron chi connectivity index (χ3n) is 5.69. The van der Waals surface area contributed by atoms with E-state index in [0.717, 1.165) is 27.0 Å². The molecule has 2 aromatic carbocycles. The number of nitrogens with zero attached hydrogens (tertiary/aromatic N) is 2. The van der Waals surface area contributed by atoms with E-state index in [4.69, 9.17) is 0 Å². The number of carbonyl (C=O) groups is 2. The summed E-state index contributed by atoms with van der Waals surface area (Å²) in [6, 6.07) is 19.0. The second kappa shape index (κ2) is 7.69. The van der Waals surface area contributed by atoms with E-state index >= 15 is 0 Å². The molecule has 0 spiro atoms. The highest BCUT2D eigenvalue weighted by molar-refractivity contribution is 9.10. The molecule has 4 rings (SSSR count). The number of hydrogen-bond donors (Lipinski definition) is 1. The van der Waals surface area contributed by atoms with Crippen molar-refractivity contribution in [1.29, 1.82) is 0 Å². The Morgan fingerprint density at radius 1 is 1.03 bits per heavy atom. The summed E-state index contributed by atoms with van der Waals surface area (Å²) in [5, 5.41) is 3.11. The van der Waals surface area contributed by atoms with Gasteiger partial charge in [0.1, 0.15) is 0 Å². The topological polar surface area (TPSA) is 53.3 Å². The number of aromatic nitrogens is 1. The summed E-state index contributed by atoms with van der Waals surface area (Å²) in [5.74, 6) is -0.393. The summed E-state index contributed by atoms with van der Waals surface area (Å²) >= 11 is 3.44. The van der Waals surface area contributed by atoms with Crippen molar-refractivity contribution in [1.82, 2.24) is 0 Å². The number of rotatable bonds is 3. The highest BCUT2D eigenvalue weighted by atomic mass is 79.9. The van der Waals surface area contributed by atoms with Gasteiger partial charge in [-0.25, -0.2) is 0 Å². The summed E-state index contributed by atoms with van der Waals surface area (Å²) in [5.41, 5.74) is 2.95. The Balaban J connectivity index is 1.87. The van der Waals surface area contributed by atoms with Crippen LogP contribution in [0.4, 0.5) is 11.4 Å². The molecule has 0 saturated carbocycles. The van der Waals surface area contributed by atoms with Gasteiger partial charge in [-0.1, -0.05) is 40.2 Å². The van der Waals surface area contributed by atoms with Crippen LogP contribution in [0, 0.1) is 13.8 Å². The van der Waals surface area contributed by atoms with E-state index in [9.17, 15) is 9.59 Å². The fourth-order valence-corrected chi connectivity index (χ4v) is 4.36. The SMILES string of the molecule is Cc1cccc(C)c1NC(=O)C1(C)c2cccc[n+]2CC(=O)N1c1ccc(Br)cc1. The molecule has 5 nitrogen and oxygen atoms in total. The molecule has 1 N–H and O–H groups in total. The van der Waals surface area contributed by atoms with Crippen LogP contribution in [0.5, 0.6) is 0 Å². The van der Waals surface area contributed by atoms with E-state index in [2.05, 4.69) is 21.2 Å². The van der Waals surface area contributed by atoms with Gasteiger partial charge < -0.3 is 5.32 Å². The predicted octanol–water partition coefficient (Wildman–Crippen LogP) is 4.25. The molecule has 0 saturated heterocycles. The first-order chi connectivity index (χ1) is 14.3. The quantitative estimate of drug-likeness (QED) is 0.588. The average Bonchev–Trinajstić information content (AvgIpc) is 2.72. The molecule has 30 heavy (non-hydrogen) atoms. The van der Waals surface area contributed by atoms with Crippen LogP contribution in [0.3, 0.4) is 0 Å². The summed E-state index contributed by atoms with van der Waals surface area (Å²) in [6.45, 7) is 5.91. The zero-order chi connectivity index (χ0) is 21.5. The third-order valence-corrected chi connectivity index (χ3v) is 6.22. The van der Waals surface area contributed by atoms with Gasteiger partial charge in [0.05, 0.1) is 0 Å².